The zero-order valence-corrected chi connectivity index (χ0v) is 15.8. The Labute approximate surface area is 155 Å². The van der Waals surface area contributed by atoms with Gasteiger partial charge in [-0.15, -0.1) is 10.2 Å². The number of benzene rings is 2. The molecule has 6 heteroatoms. The predicted molar refractivity (Wildman–Crippen MR) is 109 cm³/mol. The van der Waals surface area contributed by atoms with E-state index in [2.05, 4.69) is 39.3 Å². The van der Waals surface area contributed by atoms with Crippen LogP contribution in [0.5, 0.6) is 0 Å². The van der Waals surface area contributed by atoms with Gasteiger partial charge in [-0.3, -0.25) is 5.41 Å². The maximum absolute atomic E-state index is 7.35. The average molecular weight is 350 g/mol. The zero-order valence-electron chi connectivity index (χ0n) is 15.8. The third-order valence-corrected chi connectivity index (χ3v) is 3.69. The van der Waals surface area contributed by atoms with Crippen molar-refractivity contribution in [3.8, 4) is 0 Å². The van der Waals surface area contributed by atoms with Gasteiger partial charge in [0.25, 0.3) is 0 Å². The van der Waals surface area contributed by atoms with Gasteiger partial charge >= 0.3 is 0 Å². The Morgan fingerprint density at radius 1 is 1.04 bits per heavy atom. The second kappa shape index (κ2) is 9.46. The molecule has 2 aromatic carbocycles. The van der Waals surface area contributed by atoms with Crippen LogP contribution in [0.1, 0.15) is 19.4 Å². The van der Waals surface area contributed by atoms with Gasteiger partial charge in [-0.1, -0.05) is 30.3 Å². The fourth-order valence-electron chi connectivity index (χ4n) is 2.30. The number of nitrogens with zero attached hydrogens (tertiary/aromatic N) is 5. The Hall–Kier alpha value is -3.02. The smallest absolute Gasteiger partial charge is 0.245 e. The van der Waals surface area contributed by atoms with Crippen molar-refractivity contribution >= 4 is 23.7 Å². The molecule has 6 nitrogen and oxygen atoms in total. The van der Waals surface area contributed by atoms with Gasteiger partial charge in [0.2, 0.25) is 5.96 Å². The molecule has 0 aliphatic carbocycles. The SMILES string of the molecule is CC(C)N=C(N=Nc1ccc(N(C)Cc2ccccc2)cc1)N(C)C=N. The molecule has 0 aliphatic heterocycles. The molecule has 0 atom stereocenters. The Morgan fingerprint density at radius 2 is 1.69 bits per heavy atom. The first-order chi connectivity index (χ1) is 12.5. The fraction of sp³-hybridized carbons (Fsp3) is 0.300. The highest BCUT2D eigenvalue weighted by molar-refractivity contribution is 5.89. The van der Waals surface area contributed by atoms with Gasteiger partial charge in [0.15, 0.2) is 0 Å². The Balaban J connectivity index is 2.07. The second-order valence-corrected chi connectivity index (χ2v) is 6.32. The molecular formula is C20H26N6. The summed E-state index contributed by atoms with van der Waals surface area (Å²) in [6.45, 7) is 4.77. The molecule has 2 aromatic rings. The molecule has 136 valence electrons. The summed E-state index contributed by atoms with van der Waals surface area (Å²) in [6.07, 6.45) is 1.17. The van der Waals surface area contributed by atoms with Crippen molar-refractivity contribution in [2.75, 3.05) is 19.0 Å². The number of nitrogens with one attached hydrogen (secondary N) is 1. The largest absolute Gasteiger partial charge is 0.370 e. The molecule has 0 aliphatic rings. The molecule has 0 bridgehead atoms. The number of anilines is 1. The van der Waals surface area contributed by atoms with Crippen LogP contribution in [0.25, 0.3) is 0 Å². The van der Waals surface area contributed by atoms with E-state index in [-0.39, 0.29) is 6.04 Å². The van der Waals surface area contributed by atoms with Crippen LogP contribution < -0.4 is 4.90 Å². The highest BCUT2D eigenvalue weighted by Gasteiger charge is 2.05. The van der Waals surface area contributed by atoms with Crippen LogP contribution in [0.4, 0.5) is 11.4 Å². The lowest BCUT2D eigenvalue weighted by Gasteiger charge is -2.19. The van der Waals surface area contributed by atoms with Crippen molar-refractivity contribution in [1.29, 1.82) is 5.41 Å². The molecule has 0 saturated carbocycles. The lowest BCUT2D eigenvalue weighted by atomic mass is 10.2. The van der Waals surface area contributed by atoms with Gasteiger partial charge in [0.05, 0.1) is 12.0 Å². The minimum Gasteiger partial charge on any atom is -0.370 e. The van der Waals surface area contributed by atoms with Crippen molar-refractivity contribution < 1.29 is 0 Å². The number of hydrogen-bond donors (Lipinski definition) is 1. The lowest BCUT2D eigenvalue weighted by Crippen LogP contribution is -2.23. The predicted octanol–water partition coefficient (Wildman–Crippen LogP) is 4.71. The van der Waals surface area contributed by atoms with Crippen molar-refractivity contribution in [3.05, 3.63) is 60.2 Å². The second-order valence-electron chi connectivity index (χ2n) is 6.32. The van der Waals surface area contributed by atoms with Crippen LogP contribution in [-0.4, -0.2) is 37.3 Å². The zero-order chi connectivity index (χ0) is 18.9. The highest BCUT2D eigenvalue weighted by Crippen LogP contribution is 2.21. The van der Waals surface area contributed by atoms with E-state index in [0.717, 1.165) is 17.9 Å². The molecule has 0 unspecified atom stereocenters. The van der Waals surface area contributed by atoms with Crippen LogP contribution in [-0.2, 0) is 6.54 Å². The minimum atomic E-state index is 0.0837. The summed E-state index contributed by atoms with van der Waals surface area (Å²) in [7, 11) is 3.80. The summed E-state index contributed by atoms with van der Waals surface area (Å²) in [5.74, 6) is 0.417. The highest BCUT2D eigenvalue weighted by atomic mass is 15.3. The molecule has 0 amide bonds. The van der Waals surface area contributed by atoms with E-state index in [9.17, 15) is 0 Å². The first kappa shape index (κ1) is 19.3. The van der Waals surface area contributed by atoms with Gasteiger partial charge in [0.1, 0.15) is 0 Å². The third-order valence-electron chi connectivity index (χ3n) is 3.69. The minimum absolute atomic E-state index is 0.0837. The van der Waals surface area contributed by atoms with Crippen molar-refractivity contribution in [1.82, 2.24) is 4.90 Å². The van der Waals surface area contributed by atoms with E-state index in [1.165, 1.54) is 16.8 Å². The van der Waals surface area contributed by atoms with E-state index in [0.29, 0.717) is 5.96 Å². The summed E-state index contributed by atoms with van der Waals surface area (Å²) < 4.78 is 0. The Kier molecular flexibility index (Phi) is 7.02. The monoisotopic (exact) mass is 350 g/mol. The topological polar surface area (TPSA) is 67.4 Å². The number of hydrogen-bond acceptors (Lipinski definition) is 4. The number of rotatable bonds is 6. The molecule has 2 rings (SSSR count). The normalized spacial score (nSPS) is 11.8. The summed E-state index contributed by atoms with van der Waals surface area (Å²) in [5, 5.41) is 15.8. The standard InChI is InChI=1S/C20H26N6/c1-16(2)22-20(26(4)15-21)24-23-18-10-12-19(13-11-18)25(3)14-17-8-6-5-7-9-17/h5-13,15-16,21H,14H2,1-4H3. The maximum Gasteiger partial charge on any atom is 0.245 e. The number of aliphatic imine (C=N–C) groups is 1. The quantitative estimate of drug-likeness (QED) is 0.466. The maximum atomic E-state index is 7.35. The van der Waals surface area contributed by atoms with Crippen LogP contribution in [0.15, 0.2) is 69.8 Å². The average Bonchev–Trinajstić information content (AvgIpc) is 2.65. The van der Waals surface area contributed by atoms with E-state index >= 15 is 0 Å². The van der Waals surface area contributed by atoms with Crippen LogP contribution in [0.2, 0.25) is 0 Å². The number of azo groups is 1. The van der Waals surface area contributed by atoms with E-state index in [4.69, 9.17) is 5.41 Å². The Morgan fingerprint density at radius 3 is 2.27 bits per heavy atom. The lowest BCUT2D eigenvalue weighted by molar-refractivity contribution is 0.717. The van der Waals surface area contributed by atoms with Crippen molar-refractivity contribution in [2.24, 2.45) is 15.2 Å². The molecule has 0 radical (unpaired) electrons. The van der Waals surface area contributed by atoms with Gasteiger partial charge < -0.3 is 9.80 Å². The summed E-state index contributed by atoms with van der Waals surface area (Å²) in [6, 6.07) is 18.4. The van der Waals surface area contributed by atoms with Gasteiger partial charge in [-0.2, -0.15) is 0 Å². The molecule has 0 saturated heterocycles. The summed E-state index contributed by atoms with van der Waals surface area (Å²) in [5.41, 5.74) is 3.13. The summed E-state index contributed by atoms with van der Waals surface area (Å²) in [4.78, 5) is 8.10. The van der Waals surface area contributed by atoms with Gasteiger partial charge in [0, 0.05) is 32.4 Å². The van der Waals surface area contributed by atoms with Crippen molar-refractivity contribution in [2.45, 2.75) is 26.4 Å². The first-order valence-electron chi connectivity index (χ1n) is 8.57. The molecule has 0 aromatic heterocycles. The Bertz CT molecular complexity index is 750. The van der Waals surface area contributed by atoms with Crippen molar-refractivity contribution in [3.63, 3.8) is 0 Å². The van der Waals surface area contributed by atoms with Gasteiger partial charge in [-0.25, -0.2) is 4.99 Å². The van der Waals surface area contributed by atoms with E-state index in [1.807, 2.05) is 56.3 Å². The molecule has 0 fully saturated rings. The van der Waals surface area contributed by atoms with E-state index < -0.39 is 0 Å². The molecule has 1 N–H and O–H groups in total. The summed E-state index contributed by atoms with van der Waals surface area (Å²) >= 11 is 0. The molecule has 26 heavy (non-hydrogen) atoms. The first-order valence-corrected chi connectivity index (χ1v) is 8.57. The molecule has 0 spiro atoms. The van der Waals surface area contributed by atoms with Crippen LogP contribution >= 0.6 is 0 Å². The third kappa shape index (κ3) is 5.81. The van der Waals surface area contributed by atoms with Crippen LogP contribution in [0, 0.1) is 5.41 Å². The number of guanidine groups is 1. The van der Waals surface area contributed by atoms with Crippen LogP contribution in [0.3, 0.4) is 0 Å². The molecule has 0 heterocycles. The van der Waals surface area contributed by atoms with E-state index in [1.54, 1.807) is 7.05 Å². The molecular weight excluding hydrogens is 324 g/mol. The van der Waals surface area contributed by atoms with Gasteiger partial charge in [-0.05, 0) is 43.7 Å². The fourth-order valence-corrected chi connectivity index (χ4v) is 2.30.